The molecule has 126 valence electrons. The van der Waals surface area contributed by atoms with Crippen molar-refractivity contribution in [1.29, 1.82) is 0 Å². The molecule has 0 aliphatic carbocycles. The molecular weight excluding hydrogens is 314 g/mol. The van der Waals surface area contributed by atoms with E-state index in [1.54, 1.807) is 12.4 Å². The van der Waals surface area contributed by atoms with Crippen molar-refractivity contribution >= 4 is 22.6 Å². The van der Waals surface area contributed by atoms with Crippen LogP contribution >= 0.6 is 0 Å². The van der Waals surface area contributed by atoms with E-state index in [-0.39, 0.29) is 24.8 Å². The van der Waals surface area contributed by atoms with Gasteiger partial charge in [0.2, 0.25) is 11.8 Å². The molecule has 5 nitrogen and oxygen atoms in total. The minimum Gasteiger partial charge on any atom is -0.350 e. The lowest BCUT2D eigenvalue weighted by Crippen LogP contribution is -2.37. The van der Waals surface area contributed by atoms with Crippen LogP contribution in [0.2, 0.25) is 0 Å². The van der Waals surface area contributed by atoms with Gasteiger partial charge in [0.1, 0.15) is 0 Å². The Bertz CT molecular complexity index is 873. The molecule has 0 radical (unpaired) electrons. The predicted octanol–water partition coefficient (Wildman–Crippen LogP) is 2.21. The van der Waals surface area contributed by atoms with Gasteiger partial charge in [0, 0.05) is 18.9 Å². The summed E-state index contributed by atoms with van der Waals surface area (Å²) >= 11 is 0. The third-order valence-electron chi connectivity index (χ3n) is 3.89. The topological polar surface area (TPSA) is 71.1 Å². The van der Waals surface area contributed by atoms with Crippen molar-refractivity contribution in [3.8, 4) is 0 Å². The van der Waals surface area contributed by atoms with Crippen LogP contribution in [-0.2, 0) is 22.6 Å². The molecule has 1 heterocycles. The second-order valence-electron chi connectivity index (χ2n) is 5.73. The minimum absolute atomic E-state index is 0.0378. The first-order valence-corrected chi connectivity index (χ1v) is 8.11. The molecule has 0 fully saturated rings. The number of rotatable bonds is 6. The summed E-state index contributed by atoms with van der Waals surface area (Å²) in [6.45, 7) is 0.357. The standard InChI is InChI=1S/C20H19N3O2/c24-19(11-17-8-3-7-16-6-1-2-9-18(16)17)23-14-20(25)22-13-15-5-4-10-21-12-15/h1-10,12H,11,13-14H2,(H,22,25)(H,23,24). The van der Waals surface area contributed by atoms with Crippen LogP contribution in [0.5, 0.6) is 0 Å². The Kier molecular flexibility index (Phi) is 5.36. The van der Waals surface area contributed by atoms with E-state index in [0.717, 1.165) is 21.9 Å². The number of hydrogen-bond donors (Lipinski definition) is 2. The fourth-order valence-electron chi connectivity index (χ4n) is 2.63. The van der Waals surface area contributed by atoms with Crippen molar-refractivity contribution in [3.05, 3.63) is 78.1 Å². The Morgan fingerprint density at radius 3 is 2.56 bits per heavy atom. The molecule has 2 aromatic carbocycles. The van der Waals surface area contributed by atoms with Gasteiger partial charge >= 0.3 is 0 Å². The maximum Gasteiger partial charge on any atom is 0.239 e. The van der Waals surface area contributed by atoms with E-state index < -0.39 is 0 Å². The summed E-state index contributed by atoms with van der Waals surface area (Å²) in [6.07, 6.45) is 3.62. The molecule has 2 N–H and O–H groups in total. The summed E-state index contributed by atoms with van der Waals surface area (Å²) in [7, 11) is 0. The monoisotopic (exact) mass is 333 g/mol. The number of nitrogens with one attached hydrogen (secondary N) is 2. The lowest BCUT2D eigenvalue weighted by molar-refractivity contribution is -0.125. The van der Waals surface area contributed by atoms with Crippen molar-refractivity contribution in [1.82, 2.24) is 15.6 Å². The van der Waals surface area contributed by atoms with Gasteiger partial charge in [-0.05, 0) is 28.0 Å². The molecule has 3 rings (SSSR count). The SMILES string of the molecule is O=C(CNC(=O)Cc1cccc2ccccc12)NCc1cccnc1. The molecule has 0 saturated carbocycles. The van der Waals surface area contributed by atoms with Gasteiger partial charge in [-0.3, -0.25) is 14.6 Å². The molecule has 5 heteroatoms. The molecular formula is C20H19N3O2. The van der Waals surface area contributed by atoms with Gasteiger partial charge in [-0.15, -0.1) is 0 Å². The molecule has 0 saturated heterocycles. The maximum atomic E-state index is 12.1. The first kappa shape index (κ1) is 16.6. The molecule has 0 unspecified atom stereocenters. The summed E-state index contributed by atoms with van der Waals surface area (Å²) < 4.78 is 0. The van der Waals surface area contributed by atoms with Gasteiger partial charge < -0.3 is 10.6 Å². The van der Waals surface area contributed by atoms with Crippen LogP contribution in [0.25, 0.3) is 10.8 Å². The zero-order valence-corrected chi connectivity index (χ0v) is 13.7. The minimum atomic E-state index is -0.227. The highest BCUT2D eigenvalue weighted by molar-refractivity contribution is 5.91. The number of hydrogen-bond acceptors (Lipinski definition) is 3. The van der Waals surface area contributed by atoms with Gasteiger partial charge in [-0.25, -0.2) is 0 Å². The first-order chi connectivity index (χ1) is 12.2. The molecule has 0 bridgehead atoms. The van der Waals surface area contributed by atoms with Crippen molar-refractivity contribution < 1.29 is 9.59 Å². The lowest BCUT2D eigenvalue weighted by atomic mass is 10.0. The number of carbonyl (C=O) groups is 2. The van der Waals surface area contributed by atoms with Crippen LogP contribution in [0, 0.1) is 0 Å². The maximum absolute atomic E-state index is 12.1. The largest absolute Gasteiger partial charge is 0.350 e. The van der Waals surface area contributed by atoms with Crippen LogP contribution in [0.4, 0.5) is 0 Å². The van der Waals surface area contributed by atoms with E-state index >= 15 is 0 Å². The van der Waals surface area contributed by atoms with E-state index in [4.69, 9.17) is 0 Å². The van der Waals surface area contributed by atoms with Gasteiger partial charge in [0.05, 0.1) is 13.0 Å². The predicted molar refractivity (Wildman–Crippen MR) is 96.7 cm³/mol. The molecule has 25 heavy (non-hydrogen) atoms. The molecule has 0 aliphatic rings. The first-order valence-electron chi connectivity index (χ1n) is 8.11. The average molecular weight is 333 g/mol. The Morgan fingerprint density at radius 1 is 0.880 bits per heavy atom. The van der Waals surface area contributed by atoms with Crippen LogP contribution in [0.3, 0.4) is 0 Å². The van der Waals surface area contributed by atoms with Crippen molar-refractivity contribution in [2.75, 3.05) is 6.54 Å². The molecule has 1 aromatic heterocycles. The third-order valence-corrected chi connectivity index (χ3v) is 3.89. The second-order valence-corrected chi connectivity index (χ2v) is 5.73. The summed E-state index contributed by atoms with van der Waals surface area (Å²) in [4.78, 5) is 28.0. The van der Waals surface area contributed by atoms with E-state index in [9.17, 15) is 9.59 Å². The number of benzene rings is 2. The molecule has 2 amide bonds. The number of carbonyl (C=O) groups excluding carboxylic acids is 2. The average Bonchev–Trinajstić information content (AvgIpc) is 2.66. The summed E-state index contributed by atoms with van der Waals surface area (Å²) in [5.74, 6) is -0.400. The molecule has 3 aromatic rings. The summed E-state index contributed by atoms with van der Waals surface area (Å²) in [6, 6.07) is 17.5. The fraction of sp³-hybridized carbons (Fsp3) is 0.150. The second kappa shape index (κ2) is 8.06. The highest BCUT2D eigenvalue weighted by Gasteiger charge is 2.08. The van der Waals surface area contributed by atoms with Crippen molar-refractivity contribution in [2.24, 2.45) is 0 Å². The zero-order valence-electron chi connectivity index (χ0n) is 13.7. The molecule has 0 aliphatic heterocycles. The summed E-state index contributed by atoms with van der Waals surface area (Å²) in [5.41, 5.74) is 1.87. The van der Waals surface area contributed by atoms with E-state index in [2.05, 4.69) is 15.6 Å². The number of nitrogens with zero attached hydrogens (tertiary/aromatic N) is 1. The number of aromatic nitrogens is 1. The van der Waals surface area contributed by atoms with Gasteiger partial charge in [-0.1, -0.05) is 48.5 Å². The van der Waals surface area contributed by atoms with Gasteiger partial charge in [-0.2, -0.15) is 0 Å². The van der Waals surface area contributed by atoms with Crippen molar-refractivity contribution in [3.63, 3.8) is 0 Å². The smallest absolute Gasteiger partial charge is 0.239 e. The highest BCUT2D eigenvalue weighted by atomic mass is 16.2. The summed E-state index contributed by atoms with van der Waals surface area (Å²) in [5, 5.41) is 7.58. The van der Waals surface area contributed by atoms with E-state index in [0.29, 0.717) is 6.54 Å². The Balaban J connectivity index is 1.50. The van der Waals surface area contributed by atoms with Gasteiger partial charge in [0.25, 0.3) is 0 Å². The highest BCUT2D eigenvalue weighted by Crippen LogP contribution is 2.18. The van der Waals surface area contributed by atoms with Crippen LogP contribution < -0.4 is 10.6 Å². The molecule has 0 spiro atoms. The quantitative estimate of drug-likeness (QED) is 0.726. The lowest BCUT2D eigenvalue weighted by Gasteiger charge is -2.08. The van der Waals surface area contributed by atoms with Gasteiger partial charge in [0.15, 0.2) is 0 Å². The number of fused-ring (bicyclic) bond motifs is 1. The Morgan fingerprint density at radius 2 is 1.72 bits per heavy atom. The number of pyridine rings is 1. The Labute approximate surface area is 146 Å². The third kappa shape index (κ3) is 4.64. The van der Waals surface area contributed by atoms with Crippen LogP contribution in [0.15, 0.2) is 67.0 Å². The molecule has 0 atom stereocenters. The van der Waals surface area contributed by atoms with E-state index in [1.807, 2.05) is 54.6 Å². The van der Waals surface area contributed by atoms with Crippen molar-refractivity contribution in [2.45, 2.75) is 13.0 Å². The normalized spacial score (nSPS) is 10.4. The Hall–Kier alpha value is -3.21. The van der Waals surface area contributed by atoms with Crippen LogP contribution in [0.1, 0.15) is 11.1 Å². The zero-order chi connectivity index (χ0) is 17.5. The number of amides is 2. The van der Waals surface area contributed by atoms with Crippen LogP contribution in [-0.4, -0.2) is 23.3 Å². The fourth-order valence-corrected chi connectivity index (χ4v) is 2.63. The van der Waals surface area contributed by atoms with E-state index in [1.165, 1.54) is 0 Å².